The van der Waals surface area contributed by atoms with Crippen molar-refractivity contribution >= 4 is 44.4 Å². The Labute approximate surface area is 177 Å². The Morgan fingerprint density at radius 1 is 0.933 bits per heavy atom. The number of thiazole rings is 1. The number of fused-ring (bicyclic) bond motifs is 1. The van der Waals surface area contributed by atoms with E-state index in [0.29, 0.717) is 11.1 Å². The lowest BCUT2D eigenvalue weighted by atomic mass is 9.94. The van der Waals surface area contributed by atoms with E-state index in [1.165, 1.54) is 11.3 Å². The van der Waals surface area contributed by atoms with Crippen molar-refractivity contribution < 1.29 is 14.7 Å². The van der Waals surface area contributed by atoms with Gasteiger partial charge in [0.25, 0.3) is 5.91 Å². The molecule has 0 spiro atoms. The zero-order valence-corrected chi connectivity index (χ0v) is 17.2. The number of para-hydroxylation sites is 1. The summed E-state index contributed by atoms with van der Waals surface area (Å²) in [6.45, 7) is 4.11. The summed E-state index contributed by atoms with van der Waals surface area (Å²) in [7, 11) is 0. The summed E-state index contributed by atoms with van der Waals surface area (Å²) in [4.78, 5) is 28.0. The maximum absolute atomic E-state index is 13.0. The second kappa shape index (κ2) is 7.96. The SMILES string of the molecule is Cc1cccc(C)c1-c1ccccc1NC(=O)c1ccc2nc(NC(=O)O)sc2c1. The van der Waals surface area contributed by atoms with E-state index in [0.717, 1.165) is 32.6 Å². The highest BCUT2D eigenvalue weighted by atomic mass is 32.1. The average Bonchev–Trinajstić information content (AvgIpc) is 3.09. The first-order chi connectivity index (χ1) is 14.4. The normalized spacial score (nSPS) is 10.7. The minimum Gasteiger partial charge on any atom is -0.465 e. The van der Waals surface area contributed by atoms with E-state index < -0.39 is 6.09 Å². The second-order valence-corrected chi connectivity index (χ2v) is 7.93. The van der Waals surface area contributed by atoms with E-state index in [9.17, 15) is 9.59 Å². The number of amides is 2. The molecule has 0 saturated heterocycles. The van der Waals surface area contributed by atoms with Gasteiger partial charge in [-0.15, -0.1) is 0 Å². The average molecular weight is 417 g/mol. The van der Waals surface area contributed by atoms with Crippen LogP contribution < -0.4 is 10.6 Å². The van der Waals surface area contributed by atoms with Crippen molar-refractivity contribution in [2.75, 3.05) is 10.6 Å². The molecule has 0 saturated carbocycles. The highest BCUT2D eigenvalue weighted by molar-refractivity contribution is 7.22. The van der Waals surface area contributed by atoms with Crippen molar-refractivity contribution in [3.8, 4) is 11.1 Å². The quantitative estimate of drug-likeness (QED) is 0.384. The fourth-order valence-electron chi connectivity index (χ4n) is 3.45. The van der Waals surface area contributed by atoms with Crippen LogP contribution in [-0.2, 0) is 0 Å². The van der Waals surface area contributed by atoms with Gasteiger partial charge in [-0.1, -0.05) is 47.7 Å². The molecule has 0 unspecified atom stereocenters. The number of carboxylic acid groups (broad SMARTS) is 1. The predicted octanol–water partition coefficient (Wildman–Crippen LogP) is 5.92. The van der Waals surface area contributed by atoms with E-state index in [1.807, 2.05) is 30.3 Å². The van der Waals surface area contributed by atoms with Crippen LogP contribution in [-0.4, -0.2) is 22.1 Å². The summed E-state index contributed by atoms with van der Waals surface area (Å²) in [6, 6.07) is 19.0. The van der Waals surface area contributed by atoms with E-state index in [-0.39, 0.29) is 11.0 Å². The largest absolute Gasteiger partial charge is 0.465 e. The molecule has 30 heavy (non-hydrogen) atoms. The monoisotopic (exact) mass is 417 g/mol. The van der Waals surface area contributed by atoms with Gasteiger partial charge in [0, 0.05) is 16.8 Å². The van der Waals surface area contributed by atoms with Gasteiger partial charge in [-0.3, -0.25) is 10.1 Å². The van der Waals surface area contributed by atoms with Gasteiger partial charge in [0.05, 0.1) is 10.2 Å². The first kappa shape index (κ1) is 19.6. The first-order valence-corrected chi connectivity index (χ1v) is 10.1. The minimum absolute atomic E-state index is 0.239. The van der Waals surface area contributed by atoms with Crippen LogP contribution in [0.3, 0.4) is 0 Å². The van der Waals surface area contributed by atoms with E-state index >= 15 is 0 Å². The number of rotatable bonds is 4. The number of benzene rings is 3. The van der Waals surface area contributed by atoms with Gasteiger partial charge < -0.3 is 10.4 Å². The molecule has 4 rings (SSSR count). The molecule has 7 heteroatoms. The molecule has 1 aromatic heterocycles. The summed E-state index contributed by atoms with van der Waals surface area (Å²) in [5.41, 5.74) is 6.20. The number of aromatic nitrogens is 1. The molecule has 0 aliphatic heterocycles. The first-order valence-electron chi connectivity index (χ1n) is 9.30. The van der Waals surface area contributed by atoms with Gasteiger partial charge in [-0.2, -0.15) is 0 Å². The molecule has 3 aromatic carbocycles. The zero-order valence-electron chi connectivity index (χ0n) is 16.4. The fourth-order valence-corrected chi connectivity index (χ4v) is 4.35. The Kier molecular flexibility index (Phi) is 5.20. The van der Waals surface area contributed by atoms with Crippen LogP contribution in [0.15, 0.2) is 60.7 Å². The molecular weight excluding hydrogens is 398 g/mol. The van der Waals surface area contributed by atoms with Crippen LogP contribution in [0, 0.1) is 13.8 Å². The Balaban J connectivity index is 1.66. The number of carbonyl (C=O) groups excluding carboxylic acids is 1. The number of hydrogen-bond donors (Lipinski definition) is 3. The predicted molar refractivity (Wildman–Crippen MR) is 121 cm³/mol. The topological polar surface area (TPSA) is 91.3 Å². The van der Waals surface area contributed by atoms with Crippen molar-refractivity contribution in [2.45, 2.75) is 13.8 Å². The Bertz CT molecular complexity index is 1260. The standard InChI is InChI=1S/C23H19N3O3S/c1-13-6-5-7-14(2)20(13)16-8-3-4-9-17(16)24-21(27)15-10-11-18-19(12-15)30-22(25-18)26-23(28)29/h3-12H,1-2H3,(H,24,27)(H,25,26)(H,28,29). The van der Waals surface area contributed by atoms with Gasteiger partial charge in [-0.05, 0) is 54.8 Å². The molecule has 150 valence electrons. The van der Waals surface area contributed by atoms with Gasteiger partial charge in [0.1, 0.15) is 0 Å². The molecule has 0 radical (unpaired) electrons. The van der Waals surface area contributed by atoms with Gasteiger partial charge >= 0.3 is 6.09 Å². The third kappa shape index (κ3) is 3.88. The number of anilines is 2. The Hall–Kier alpha value is -3.71. The summed E-state index contributed by atoms with van der Waals surface area (Å²) >= 11 is 1.18. The van der Waals surface area contributed by atoms with Crippen LogP contribution in [0.25, 0.3) is 21.3 Å². The van der Waals surface area contributed by atoms with Crippen molar-refractivity contribution in [3.05, 3.63) is 77.4 Å². The highest BCUT2D eigenvalue weighted by Gasteiger charge is 2.15. The van der Waals surface area contributed by atoms with Crippen molar-refractivity contribution in [2.24, 2.45) is 0 Å². The molecule has 0 atom stereocenters. The van der Waals surface area contributed by atoms with E-state index in [1.54, 1.807) is 18.2 Å². The summed E-state index contributed by atoms with van der Waals surface area (Å²) in [5, 5.41) is 14.4. The maximum Gasteiger partial charge on any atom is 0.410 e. The lowest BCUT2D eigenvalue weighted by molar-refractivity contribution is 0.102. The lowest BCUT2D eigenvalue weighted by Gasteiger charge is -2.15. The third-order valence-corrected chi connectivity index (χ3v) is 5.72. The molecule has 3 N–H and O–H groups in total. The van der Waals surface area contributed by atoms with Gasteiger partial charge in [0.15, 0.2) is 5.13 Å². The Morgan fingerprint density at radius 3 is 2.40 bits per heavy atom. The lowest BCUT2D eigenvalue weighted by Crippen LogP contribution is -2.12. The number of hydrogen-bond acceptors (Lipinski definition) is 4. The smallest absolute Gasteiger partial charge is 0.410 e. The van der Waals surface area contributed by atoms with E-state index in [4.69, 9.17) is 5.11 Å². The van der Waals surface area contributed by atoms with Gasteiger partial charge in [0.2, 0.25) is 0 Å². The van der Waals surface area contributed by atoms with Crippen LogP contribution in [0.1, 0.15) is 21.5 Å². The van der Waals surface area contributed by atoms with Gasteiger partial charge in [-0.25, -0.2) is 9.78 Å². The maximum atomic E-state index is 13.0. The van der Waals surface area contributed by atoms with Crippen LogP contribution >= 0.6 is 11.3 Å². The summed E-state index contributed by atoms with van der Waals surface area (Å²) < 4.78 is 0.731. The van der Waals surface area contributed by atoms with Crippen LogP contribution in [0.4, 0.5) is 15.6 Å². The fraction of sp³-hybridized carbons (Fsp3) is 0.0870. The molecule has 2 amide bonds. The molecule has 0 fully saturated rings. The number of aryl methyl sites for hydroxylation is 2. The number of nitrogens with zero attached hydrogens (tertiary/aromatic N) is 1. The van der Waals surface area contributed by atoms with Crippen molar-refractivity contribution in [1.82, 2.24) is 4.98 Å². The number of carbonyl (C=O) groups is 2. The molecule has 4 aromatic rings. The van der Waals surface area contributed by atoms with E-state index in [2.05, 4.69) is 41.6 Å². The van der Waals surface area contributed by atoms with Crippen LogP contribution in [0.2, 0.25) is 0 Å². The van der Waals surface area contributed by atoms with Crippen molar-refractivity contribution in [3.63, 3.8) is 0 Å². The highest BCUT2D eigenvalue weighted by Crippen LogP contribution is 2.33. The molecule has 1 heterocycles. The zero-order chi connectivity index (χ0) is 21.3. The Morgan fingerprint density at radius 2 is 1.67 bits per heavy atom. The third-order valence-electron chi connectivity index (χ3n) is 4.79. The van der Waals surface area contributed by atoms with Crippen molar-refractivity contribution in [1.29, 1.82) is 0 Å². The minimum atomic E-state index is -1.17. The second-order valence-electron chi connectivity index (χ2n) is 6.90. The molecule has 6 nitrogen and oxygen atoms in total. The molecular formula is C23H19N3O3S. The number of nitrogens with one attached hydrogen (secondary N) is 2. The van der Waals surface area contributed by atoms with Crippen LogP contribution in [0.5, 0.6) is 0 Å². The molecule has 0 bridgehead atoms. The molecule has 0 aliphatic rings. The molecule has 0 aliphatic carbocycles. The summed E-state index contributed by atoms with van der Waals surface area (Å²) in [6.07, 6.45) is -1.17. The summed E-state index contributed by atoms with van der Waals surface area (Å²) in [5.74, 6) is -0.239.